The Balaban J connectivity index is 0.000000186. The summed E-state index contributed by atoms with van der Waals surface area (Å²) in [4.78, 5) is 18.6. The van der Waals surface area contributed by atoms with Gasteiger partial charge in [-0.2, -0.15) is 0 Å². The molecule has 3 aliphatic rings. The van der Waals surface area contributed by atoms with Gasteiger partial charge in [0.15, 0.2) is 0 Å². The van der Waals surface area contributed by atoms with Crippen LogP contribution in [-0.2, 0) is 9.53 Å². The van der Waals surface area contributed by atoms with E-state index < -0.39 is 0 Å². The third-order valence-corrected chi connectivity index (χ3v) is 7.53. The number of nitrogens with one attached hydrogen (secondary N) is 3. The average molecular weight is 494 g/mol. The highest BCUT2D eigenvalue weighted by atomic mass is 19.1. The van der Waals surface area contributed by atoms with Gasteiger partial charge in [-0.15, -0.1) is 0 Å². The van der Waals surface area contributed by atoms with E-state index in [2.05, 4.69) is 25.9 Å². The lowest BCUT2D eigenvalue weighted by Crippen LogP contribution is -2.48. The standard InChI is InChI=1S/C18H17FN4O.C9H15NO2/c1-10-14(9-23-18-17(10)21-3-4-24-18)13-5-11-7-16(20-2)22-8-12(11)6-15(13)19;11-7-12-8-5-9(6-8)1-3-10-4-2-9/h5-9,21H,3-4H2,1-2H3,(H,20,22);7-8,10H,1-6H2. The van der Waals surface area contributed by atoms with Crippen LogP contribution in [0.1, 0.15) is 31.2 Å². The Morgan fingerprint density at radius 1 is 1.11 bits per heavy atom. The molecule has 2 fully saturated rings. The number of hydrogen-bond donors (Lipinski definition) is 3. The monoisotopic (exact) mass is 493 g/mol. The number of anilines is 2. The molecule has 2 aromatic heterocycles. The van der Waals surface area contributed by atoms with E-state index in [4.69, 9.17) is 9.47 Å². The highest BCUT2D eigenvalue weighted by molar-refractivity contribution is 5.90. The van der Waals surface area contributed by atoms with Crippen LogP contribution in [0.25, 0.3) is 21.9 Å². The maximum absolute atomic E-state index is 14.7. The summed E-state index contributed by atoms with van der Waals surface area (Å²) >= 11 is 0. The summed E-state index contributed by atoms with van der Waals surface area (Å²) in [5, 5.41) is 11.3. The molecule has 0 radical (unpaired) electrons. The lowest BCUT2D eigenvalue weighted by Gasteiger charge is -2.49. The number of nitrogens with zero attached hydrogens (tertiary/aromatic N) is 2. The summed E-state index contributed by atoms with van der Waals surface area (Å²) in [7, 11) is 1.81. The third-order valence-electron chi connectivity index (χ3n) is 7.53. The highest BCUT2D eigenvalue weighted by Crippen LogP contribution is 2.48. The van der Waals surface area contributed by atoms with Gasteiger partial charge in [-0.25, -0.2) is 14.4 Å². The molecule has 2 aliphatic heterocycles. The van der Waals surface area contributed by atoms with Gasteiger partial charge in [-0.1, -0.05) is 0 Å². The second-order valence-electron chi connectivity index (χ2n) is 9.76. The van der Waals surface area contributed by atoms with Crippen LogP contribution in [0.15, 0.2) is 30.6 Å². The minimum Gasteiger partial charge on any atom is -0.474 e. The predicted octanol–water partition coefficient (Wildman–Crippen LogP) is 4.28. The van der Waals surface area contributed by atoms with Crippen molar-refractivity contribution in [3.05, 3.63) is 42.0 Å². The van der Waals surface area contributed by atoms with E-state index in [-0.39, 0.29) is 11.9 Å². The molecular formula is C27H32FN5O3. The van der Waals surface area contributed by atoms with Crippen LogP contribution in [0.5, 0.6) is 5.88 Å². The Morgan fingerprint density at radius 3 is 2.67 bits per heavy atom. The van der Waals surface area contributed by atoms with E-state index in [9.17, 15) is 9.18 Å². The molecule has 0 bridgehead atoms. The minimum absolute atomic E-state index is 0.223. The molecule has 0 amide bonds. The van der Waals surface area contributed by atoms with Crippen molar-refractivity contribution in [2.75, 3.05) is 43.9 Å². The van der Waals surface area contributed by atoms with Crippen LogP contribution in [0.4, 0.5) is 15.9 Å². The summed E-state index contributed by atoms with van der Waals surface area (Å²) < 4.78 is 25.1. The lowest BCUT2D eigenvalue weighted by atomic mass is 9.62. The second kappa shape index (κ2) is 10.3. The summed E-state index contributed by atoms with van der Waals surface area (Å²) in [6.07, 6.45) is 8.26. The maximum atomic E-state index is 14.7. The van der Waals surface area contributed by atoms with Gasteiger partial charge in [-0.05, 0) is 80.3 Å². The number of carbonyl (C=O) groups is 1. The number of piperidine rings is 1. The minimum atomic E-state index is -0.289. The Kier molecular flexibility index (Phi) is 6.91. The molecule has 36 heavy (non-hydrogen) atoms. The van der Waals surface area contributed by atoms with Gasteiger partial charge in [0.05, 0.1) is 0 Å². The molecule has 6 rings (SSSR count). The molecule has 3 N–H and O–H groups in total. The van der Waals surface area contributed by atoms with Crippen molar-refractivity contribution in [3.63, 3.8) is 0 Å². The van der Waals surface area contributed by atoms with Crippen LogP contribution in [0, 0.1) is 18.2 Å². The normalized spacial score (nSPS) is 18.1. The van der Waals surface area contributed by atoms with E-state index in [1.165, 1.54) is 18.9 Å². The van der Waals surface area contributed by atoms with Gasteiger partial charge >= 0.3 is 0 Å². The number of halogens is 1. The quantitative estimate of drug-likeness (QED) is 0.464. The topological polar surface area (TPSA) is 97.4 Å². The van der Waals surface area contributed by atoms with Gasteiger partial charge in [0.25, 0.3) is 6.47 Å². The maximum Gasteiger partial charge on any atom is 0.293 e. The molecule has 9 heteroatoms. The molecule has 3 aromatic rings. The smallest absolute Gasteiger partial charge is 0.293 e. The van der Waals surface area contributed by atoms with Crippen LogP contribution in [0.3, 0.4) is 0 Å². The fraction of sp³-hybridized carbons (Fsp3) is 0.444. The van der Waals surface area contributed by atoms with Gasteiger partial charge in [0.2, 0.25) is 5.88 Å². The average Bonchev–Trinajstić information content (AvgIpc) is 2.89. The zero-order chi connectivity index (χ0) is 25.1. The number of benzene rings is 1. The van der Waals surface area contributed by atoms with Crippen molar-refractivity contribution in [2.45, 2.75) is 38.7 Å². The third kappa shape index (κ3) is 4.80. The Labute approximate surface area is 210 Å². The molecule has 1 aromatic carbocycles. The Hall–Kier alpha value is -3.46. The van der Waals surface area contributed by atoms with Crippen molar-refractivity contribution in [1.29, 1.82) is 0 Å². The number of fused-ring (bicyclic) bond motifs is 2. The number of pyridine rings is 2. The van der Waals surface area contributed by atoms with Crippen LogP contribution in [0.2, 0.25) is 0 Å². The van der Waals surface area contributed by atoms with Crippen molar-refractivity contribution in [1.82, 2.24) is 15.3 Å². The second-order valence-corrected chi connectivity index (χ2v) is 9.76. The highest BCUT2D eigenvalue weighted by Gasteiger charge is 2.45. The molecule has 0 atom stereocenters. The summed E-state index contributed by atoms with van der Waals surface area (Å²) in [5.74, 6) is 1.03. The lowest BCUT2D eigenvalue weighted by molar-refractivity contribution is -0.147. The molecular weight excluding hydrogens is 461 g/mol. The summed E-state index contributed by atoms with van der Waals surface area (Å²) in [6, 6.07) is 5.26. The Morgan fingerprint density at radius 2 is 1.92 bits per heavy atom. The fourth-order valence-electron chi connectivity index (χ4n) is 5.45. The Bertz CT molecular complexity index is 1250. The van der Waals surface area contributed by atoms with E-state index >= 15 is 0 Å². The molecule has 4 heterocycles. The van der Waals surface area contributed by atoms with E-state index in [0.29, 0.717) is 29.9 Å². The van der Waals surface area contributed by atoms with E-state index in [0.717, 1.165) is 65.9 Å². The SMILES string of the molecule is CNc1cc2cc(-c3cnc4c(c3C)NCCO4)c(F)cc2cn1.O=COC1CC2(CCNCC2)C1. The first-order valence-corrected chi connectivity index (χ1v) is 12.5. The number of hydrogen-bond acceptors (Lipinski definition) is 8. The molecule has 1 saturated carbocycles. The van der Waals surface area contributed by atoms with Gasteiger partial charge in [0, 0.05) is 42.5 Å². The molecule has 1 aliphatic carbocycles. The van der Waals surface area contributed by atoms with Gasteiger partial charge in [0.1, 0.15) is 30.0 Å². The first kappa shape index (κ1) is 24.2. The first-order chi connectivity index (χ1) is 17.5. The van der Waals surface area contributed by atoms with Gasteiger partial charge < -0.3 is 25.4 Å². The number of aromatic nitrogens is 2. The van der Waals surface area contributed by atoms with E-state index in [1.54, 1.807) is 12.4 Å². The van der Waals surface area contributed by atoms with Crippen molar-refractivity contribution < 1.29 is 18.7 Å². The number of rotatable bonds is 4. The molecule has 8 nitrogen and oxygen atoms in total. The van der Waals surface area contributed by atoms with Crippen LogP contribution < -0.4 is 20.7 Å². The number of ether oxygens (including phenoxy) is 2. The van der Waals surface area contributed by atoms with Crippen molar-refractivity contribution >= 4 is 28.7 Å². The largest absolute Gasteiger partial charge is 0.474 e. The van der Waals surface area contributed by atoms with Gasteiger partial charge in [-0.3, -0.25) is 4.79 Å². The zero-order valence-corrected chi connectivity index (χ0v) is 20.7. The van der Waals surface area contributed by atoms with E-state index in [1.807, 2.05) is 26.1 Å². The number of carbonyl (C=O) groups excluding carboxylic acids is 1. The summed E-state index contributed by atoms with van der Waals surface area (Å²) in [6.45, 7) is 6.10. The van der Waals surface area contributed by atoms with Crippen molar-refractivity contribution in [2.24, 2.45) is 5.41 Å². The predicted molar refractivity (Wildman–Crippen MR) is 138 cm³/mol. The first-order valence-electron chi connectivity index (χ1n) is 12.5. The fourth-order valence-corrected chi connectivity index (χ4v) is 5.45. The zero-order valence-electron chi connectivity index (χ0n) is 20.7. The van der Waals surface area contributed by atoms with Crippen LogP contribution in [-0.4, -0.2) is 55.8 Å². The summed E-state index contributed by atoms with van der Waals surface area (Å²) in [5.41, 5.74) is 3.58. The van der Waals surface area contributed by atoms with Crippen LogP contribution >= 0.6 is 0 Å². The van der Waals surface area contributed by atoms with Crippen molar-refractivity contribution in [3.8, 4) is 17.0 Å². The molecule has 0 unspecified atom stereocenters. The molecule has 1 saturated heterocycles. The molecule has 1 spiro atoms. The molecule has 190 valence electrons.